The van der Waals surface area contributed by atoms with Crippen LogP contribution < -0.4 is 5.73 Å². The highest BCUT2D eigenvalue weighted by Gasteiger charge is 2.15. The van der Waals surface area contributed by atoms with Gasteiger partial charge < -0.3 is 5.73 Å². The molecule has 3 nitrogen and oxygen atoms in total. The largest absolute Gasteiger partial charge is 0.330 e. The van der Waals surface area contributed by atoms with Crippen LogP contribution in [0.25, 0.3) is 0 Å². The Bertz CT molecular complexity index is 622. The average molecular weight is 354 g/mol. The highest BCUT2D eigenvalue weighted by atomic mass is 79.9. The van der Waals surface area contributed by atoms with Crippen molar-refractivity contribution in [2.45, 2.75) is 39.7 Å². The van der Waals surface area contributed by atoms with Crippen LogP contribution in [-0.2, 0) is 25.8 Å². The molecule has 1 aromatic heterocycles. The molecule has 5 heteroatoms. The van der Waals surface area contributed by atoms with Gasteiger partial charge in [-0.15, -0.1) is 0 Å². The van der Waals surface area contributed by atoms with Gasteiger partial charge >= 0.3 is 0 Å². The third-order valence-electron chi connectivity index (χ3n) is 3.65. The standard InChI is InChI=1S/C16H21BrFN3/c1-3-15-13(7-8-19)16(4-2)21(20-15)10-11-5-6-12(18)9-14(11)17/h5-6,9H,3-4,7-8,10,19H2,1-2H3. The van der Waals surface area contributed by atoms with Crippen LogP contribution >= 0.6 is 15.9 Å². The molecular formula is C16H21BrFN3. The molecule has 0 atom stereocenters. The van der Waals surface area contributed by atoms with E-state index in [-0.39, 0.29) is 5.82 Å². The molecule has 21 heavy (non-hydrogen) atoms. The summed E-state index contributed by atoms with van der Waals surface area (Å²) < 4.78 is 16.0. The maximum absolute atomic E-state index is 13.2. The van der Waals surface area contributed by atoms with E-state index in [2.05, 4.69) is 29.8 Å². The molecule has 0 aliphatic heterocycles. The summed E-state index contributed by atoms with van der Waals surface area (Å²) in [6.07, 6.45) is 2.68. The first-order valence-corrected chi connectivity index (χ1v) is 8.11. The van der Waals surface area contributed by atoms with Gasteiger partial charge in [-0.3, -0.25) is 4.68 Å². The Morgan fingerprint density at radius 2 is 2.05 bits per heavy atom. The fraction of sp³-hybridized carbons (Fsp3) is 0.438. The van der Waals surface area contributed by atoms with Crippen molar-refractivity contribution in [1.82, 2.24) is 9.78 Å². The Morgan fingerprint density at radius 1 is 1.29 bits per heavy atom. The zero-order valence-electron chi connectivity index (χ0n) is 12.5. The van der Waals surface area contributed by atoms with Gasteiger partial charge in [-0.2, -0.15) is 5.10 Å². The minimum atomic E-state index is -0.236. The first-order chi connectivity index (χ1) is 10.1. The van der Waals surface area contributed by atoms with Gasteiger partial charge in [0.1, 0.15) is 5.82 Å². The molecule has 2 aromatic rings. The molecule has 0 fully saturated rings. The molecule has 0 radical (unpaired) electrons. The predicted octanol–water partition coefficient (Wildman–Crippen LogP) is 3.46. The highest BCUT2D eigenvalue weighted by molar-refractivity contribution is 9.10. The van der Waals surface area contributed by atoms with Crippen molar-refractivity contribution in [2.75, 3.05) is 6.54 Å². The lowest BCUT2D eigenvalue weighted by Gasteiger charge is -2.09. The van der Waals surface area contributed by atoms with E-state index in [0.29, 0.717) is 13.1 Å². The second kappa shape index (κ2) is 7.18. The van der Waals surface area contributed by atoms with Crippen molar-refractivity contribution >= 4 is 15.9 Å². The Labute approximate surface area is 133 Å². The summed E-state index contributed by atoms with van der Waals surface area (Å²) in [5, 5.41) is 4.72. The molecule has 0 spiro atoms. The van der Waals surface area contributed by atoms with Gasteiger partial charge in [0.25, 0.3) is 0 Å². The van der Waals surface area contributed by atoms with Gasteiger partial charge in [0.15, 0.2) is 0 Å². The minimum absolute atomic E-state index is 0.236. The van der Waals surface area contributed by atoms with E-state index in [4.69, 9.17) is 10.8 Å². The van der Waals surface area contributed by atoms with E-state index in [1.54, 1.807) is 6.07 Å². The summed E-state index contributed by atoms with van der Waals surface area (Å²) >= 11 is 3.42. The van der Waals surface area contributed by atoms with Gasteiger partial charge in [-0.1, -0.05) is 35.8 Å². The normalized spacial score (nSPS) is 11.1. The van der Waals surface area contributed by atoms with E-state index >= 15 is 0 Å². The lowest BCUT2D eigenvalue weighted by Crippen LogP contribution is -2.09. The monoisotopic (exact) mass is 353 g/mol. The van der Waals surface area contributed by atoms with Crippen LogP contribution in [0, 0.1) is 5.82 Å². The van der Waals surface area contributed by atoms with Crippen LogP contribution in [0.4, 0.5) is 4.39 Å². The van der Waals surface area contributed by atoms with E-state index < -0.39 is 0 Å². The maximum Gasteiger partial charge on any atom is 0.124 e. The second-order valence-corrected chi connectivity index (χ2v) is 5.87. The number of hydrogen-bond acceptors (Lipinski definition) is 2. The lowest BCUT2D eigenvalue weighted by molar-refractivity contribution is 0.617. The van der Waals surface area contributed by atoms with Gasteiger partial charge in [-0.25, -0.2) is 4.39 Å². The first kappa shape index (κ1) is 16.2. The molecule has 0 amide bonds. The average Bonchev–Trinajstić information content (AvgIpc) is 2.79. The quantitative estimate of drug-likeness (QED) is 0.864. The molecule has 0 aliphatic rings. The smallest absolute Gasteiger partial charge is 0.124 e. The number of aryl methyl sites for hydroxylation is 1. The van der Waals surface area contributed by atoms with Gasteiger partial charge in [0, 0.05) is 10.2 Å². The van der Waals surface area contributed by atoms with Crippen LogP contribution in [-0.4, -0.2) is 16.3 Å². The summed E-state index contributed by atoms with van der Waals surface area (Å²) in [4.78, 5) is 0. The van der Waals surface area contributed by atoms with Crippen molar-refractivity contribution < 1.29 is 4.39 Å². The Balaban J connectivity index is 2.39. The third-order valence-corrected chi connectivity index (χ3v) is 4.39. The molecule has 0 saturated carbocycles. The molecular weight excluding hydrogens is 333 g/mol. The molecule has 2 rings (SSSR count). The fourth-order valence-corrected chi connectivity index (χ4v) is 3.12. The van der Waals surface area contributed by atoms with Crippen molar-refractivity contribution in [3.05, 3.63) is 51.0 Å². The number of rotatable bonds is 6. The van der Waals surface area contributed by atoms with E-state index in [1.165, 1.54) is 23.4 Å². The molecule has 2 N–H and O–H groups in total. The number of nitrogens with zero attached hydrogens (tertiary/aromatic N) is 2. The molecule has 1 aromatic carbocycles. The van der Waals surface area contributed by atoms with Gasteiger partial charge in [0.05, 0.1) is 12.2 Å². The van der Waals surface area contributed by atoms with Crippen LogP contribution in [0.15, 0.2) is 22.7 Å². The molecule has 0 saturated heterocycles. The zero-order valence-corrected chi connectivity index (χ0v) is 14.1. The summed E-state index contributed by atoms with van der Waals surface area (Å²) in [7, 11) is 0. The number of benzene rings is 1. The van der Waals surface area contributed by atoms with Crippen molar-refractivity contribution in [1.29, 1.82) is 0 Å². The number of hydrogen-bond donors (Lipinski definition) is 1. The summed E-state index contributed by atoms with van der Waals surface area (Å²) in [5.74, 6) is -0.236. The summed E-state index contributed by atoms with van der Waals surface area (Å²) in [5.41, 5.74) is 10.4. The predicted molar refractivity (Wildman–Crippen MR) is 86.9 cm³/mol. The van der Waals surface area contributed by atoms with Crippen LogP contribution in [0.1, 0.15) is 36.4 Å². The lowest BCUT2D eigenvalue weighted by atomic mass is 10.1. The Hall–Kier alpha value is -1.20. The number of aromatic nitrogens is 2. The number of halogens is 2. The maximum atomic E-state index is 13.2. The fourth-order valence-electron chi connectivity index (χ4n) is 2.64. The van der Waals surface area contributed by atoms with Crippen LogP contribution in [0.3, 0.4) is 0 Å². The third kappa shape index (κ3) is 3.52. The topological polar surface area (TPSA) is 43.8 Å². The van der Waals surface area contributed by atoms with Crippen LogP contribution in [0.2, 0.25) is 0 Å². The van der Waals surface area contributed by atoms with Gasteiger partial charge in [-0.05, 0) is 49.1 Å². The van der Waals surface area contributed by atoms with Crippen molar-refractivity contribution in [3.63, 3.8) is 0 Å². The second-order valence-electron chi connectivity index (χ2n) is 5.01. The zero-order chi connectivity index (χ0) is 15.4. The van der Waals surface area contributed by atoms with Gasteiger partial charge in [0.2, 0.25) is 0 Å². The summed E-state index contributed by atoms with van der Waals surface area (Å²) in [6, 6.07) is 4.78. The SMILES string of the molecule is CCc1nn(Cc2ccc(F)cc2Br)c(CC)c1CCN. The molecule has 114 valence electrons. The molecule has 1 heterocycles. The molecule has 0 unspecified atom stereocenters. The first-order valence-electron chi connectivity index (χ1n) is 7.32. The Morgan fingerprint density at radius 3 is 2.62 bits per heavy atom. The number of nitrogens with two attached hydrogens (primary N) is 1. The Kier molecular flexibility index (Phi) is 5.53. The summed E-state index contributed by atoms with van der Waals surface area (Å²) in [6.45, 7) is 5.51. The highest BCUT2D eigenvalue weighted by Crippen LogP contribution is 2.22. The molecule has 0 bridgehead atoms. The van der Waals surface area contributed by atoms with E-state index in [1.807, 2.05) is 4.68 Å². The van der Waals surface area contributed by atoms with E-state index in [9.17, 15) is 4.39 Å². The molecule has 0 aliphatic carbocycles. The minimum Gasteiger partial charge on any atom is -0.330 e. The van der Waals surface area contributed by atoms with E-state index in [0.717, 1.165) is 35.0 Å². The van der Waals surface area contributed by atoms with Crippen molar-refractivity contribution in [2.24, 2.45) is 5.73 Å². The van der Waals surface area contributed by atoms with Crippen molar-refractivity contribution in [3.8, 4) is 0 Å². The van der Waals surface area contributed by atoms with Crippen LogP contribution in [0.5, 0.6) is 0 Å².